The maximum atomic E-state index is 12.4. The molecule has 0 atom stereocenters. The molecule has 0 bridgehead atoms. The van der Waals surface area contributed by atoms with Gasteiger partial charge in [-0.2, -0.15) is 8.42 Å². The van der Waals surface area contributed by atoms with E-state index in [1.165, 1.54) is 12.1 Å². The highest BCUT2D eigenvalue weighted by Gasteiger charge is 2.16. The summed E-state index contributed by atoms with van der Waals surface area (Å²) >= 11 is 0. The highest BCUT2D eigenvalue weighted by Crippen LogP contribution is 2.25. The first-order chi connectivity index (χ1) is 14.6. The van der Waals surface area contributed by atoms with Crippen LogP contribution in [0.1, 0.15) is 0 Å². The van der Waals surface area contributed by atoms with Crippen molar-refractivity contribution in [2.24, 2.45) is 0 Å². The lowest BCUT2D eigenvalue weighted by Gasteiger charge is -2.11. The first-order valence-corrected chi connectivity index (χ1v) is 10.8. The van der Waals surface area contributed by atoms with Crippen LogP contribution in [0.15, 0.2) is 114 Å². The highest BCUT2D eigenvalue weighted by molar-refractivity contribution is 7.87. The van der Waals surface area contributed by atoms with Crippen molar-refractivity contribution >= 4 is 32.9 Å². The van der Waals surface area contributed by atoms with Crippen molar-refractivity contribution in [3.8, 4) is 5.75 Å². The normalized spacial score (nSPS) is 10.9. The van der Waals surface area contributed by atoms with Crippen LogP contribution in [-0.4, -0.2) is 8.42 Å². The van der Waals surface area contributed by atoms with E-state index in [2.05, 4.69) is 10.6 Å². The van der Waals surface area contributed by atoms with Gasteiger partial charge in [0.05, 0.1) is 0 Å². The molecule has 4 aromatic carbocycles. The maximum absolute atomic E-state index is 12.4. The Balaban J connectivity index is 1.44. The Hall–Kier alpha value is -3.77. The van der Waals surface area contributed by atoms with Gasteiger partial charge in [-0.1, -0.05) is 42.5 Å². The SMILES string of the molecule is O=S(=O)(Oc1cccc(Nc2ccc(Nc3ccccc3)cc2)c1)c1ccccc1. The summed E-state index contributed by atoms with van der Waals surface area (Å²) in [6, 6.07) is 32.7. The Labute approximate surface area is 176 Å². The molecule has 0 aliphatic heterocycles. The largest absolute Gasteiger partial charge is 0.379 e. The standard InChI is InChI=1S/C24H20N2O3S/c27-30(28,24-12-5-2-6-13-24)29-23-11-7-10-22(18-23)26-21-16-14-20(15-17-21)25-19-8-3-1-4-9-19/h1-18,25-26H. The second kappa shape index (κ2) is 8.71. The lowest BCUT2D eigenvalue weighted by Crippen LogP contribution is -2.09. The smallest absolute Gasteiger partial charge is 0.339 e. The van der Waals surface area contributed by atoms with Crippen LogP contribution in [0.5, 0.6) is 5.75 Å². The summed E-state index contributed by atoms with van der Waals surface area (Å²) in [5.41, 5.74) is 3.58. The van der Waals surface area contributed by atoms with Gasteiger partial charge in [0.25, 0.3) is 0 Å². The minimum absolute atomic E-state index is 0.116. The van der Waals surface area contributed by atoms with Crippen molar-refractivity contribution in [1.82, 2.24) is 0 Å². The zero-order valence-electron chi connectivity index (χ0n) is 16.0. The van der Waals surface area contributed by atoms with Gasteiger partial charge in [-0.05, 0) is 60.7 Å². The summed E-state index contributed by atoms with van der Waals surface area (Å²) in [5.74, 6) is 0.242. The van der Waals surface area contributed by atoms with E-state index in [-0.39, 0.29) is 10.6 Å². The molecule has 4 rings (SSSR count). The lowest BCUT2D eigenvalue weighted by atomic mass is 10.2. The average Bonchev–Trinajstić information content (AvgIpc) is 2.76. The Bertz CT molecular complexity index is 1210. The molecule has 0 saturated carbocycles. The van der Waals surface area contributed by atoms with E-state index >= 15 is 0 Å². The van der Waals surface area contributed by atoms with E-state index in [9.17, 15) is 8.42 Å². The number of nitrogens with one attached hydrogen (secondary N) is 2. The zero-order chi connectivity index (χ0) is 20.8. The number of para-hydroxylation sites is 1. The van der Waals surface area contributed by atoms with Gasteiger partial charge in [0.15, 0.2) is 0 Å². The van der Waals surface area contributed by atoms with Crippen LogP contribution >= 0.6 is 0 Å². The Morgan fingerprint density at radius 1 is 0.533 bits per heavy atom. The minimum Gasteiger partial charge on any atom is -0.379 e. The van der Waals surface area contributed by atoms with Crippen LogP contribution in [0.3, 0.4) is 0 Å². The molecular weight excluding hydrogens is 396 g/mol. The third-order valence-corrected chi connectivity index (χ3v) is 5.57. The zero-order valence-corrected chi connectivity index (χ0v) is 16.8. The van der Waals surface area contributed by atoms with Gasteiger partial charge < -0.3 is 14.8 Å². The molecule has 150 valence electrons. The lowest BCUT2D eigenvalue weighted by molar-refractivity contribution is 0.486. The van der Waals surface area contributed by atoms with E-state index in [4.69, 9.17) is 4.18 Å². The number of hydrogen-bond donors (Lipinski definition) is 2. The molecule has 5 nitrogen and oxygen atoms in total. The molecule has 0 radical (unpaired) electrons. The second-order valence-corrected chi connectivity index (χ2v) is 8.12. The van der Waals surface area contributed by atoms with Crippen LogP contribution < -0.4 is 14.8 Å². The third-order valence-electron chi connectivity index (χ3n) is 4.31. The van der Waals surface area contributed by atoms with Crippen molar-refractivity contribution in [3.05, 3.63) is 109 Å². The van der Waals surface area contributed by atoms with Crippen molar-refractivity contribution < 1.29 is 12.6 Å². The molecule has 0 aliphatic rings. The molecule has 4 aromatic rings. The molecule has 0 unspecified atom stereocenters. The predicted octanol–water partition coefficient (Wildman–Crippen LogP) is 5.94. The first kappa shape index (κ1) is 19.5. The van der Waals surface area contributed by atoms with Crippen molar-refractivity contribution in [2.45, 2.75) is 4.90 Å². The van der Waals surface area contributed by atoms with E-state index in [0.717, 1.165) is 22.7 Å². The number of anilines is 4. The molecule has 0 saturated heterocycles. The molecule has 0 fully saturated rings. The number of benzene rings is 4. The van der Waals surface area contributed by atoms with Crippen LogP contribution in [0.25, 0.3) is 0 Å². The van der Waals surface area contributed by atoms with Gasteiger partial charge in [0.1, 0.15) is 10.6 Å². The fourth-order valence-electron chi connectivity index (χ4n) is 2.88. The highest BCUT2D eigenvalue weighted by atomic mass is 32.2. The Morgan fingerprint density at radius 2 is 1.03 bits per heavy atom. The van der Waals surface area contributed by atoms with Crippen LogP contribution in [-0.2, 0) is 10.1 Å². The molecular formula is C24H20N2O3S. The van der Waals surface area contributed by atoms with E-state index in [0.29, 0.717) is 0 Å². The van der Waals surface area contributed by atoms with E-state index in [1.54, 1.807) is 36.4 Å². The van der Waals surface area contributed by atoms with Gasteiger partial charge in [-0.25, -0.2) is 0 Å². The van der Waals surface area contributed by atoms with E-state index in [1.807, 2.05) is 60.7 Å². The molecule has 2 N–H and O–H groups in total. The molecule has 0 spiro atoms. The quantitative estimate of drug-likeness (QED) is 0.365. The van der Waals surface area contributed by atoms with Crippen molar-refractivity contribution in [2.75, 3.05) is 10.6 Å². The van der Waals surface area contributed by atoms with Crippen LogP contribution in [0.4, 0.5) is 22.7 Å². The number of rotatable bonds is 7. The van der Waals surface area contributed by atoms with E-state index < -0.39 is 10.1 Å². The molecule has 0 amide bonds. The second-order valence-electron chi connectivity index (χ2n) is 6.57. The number of hydrogen-bond acceptors (Lipinski definition) is 5. The fraction of sp³-hybridized carbons (Fsp3) is 0. The maximum Gasteiger partial charge on any atom is 0.339 e. The van der Waals surface area contributed by atoms with Crippen LogP contribution in [0, 0.1) is 0 Å². The summed E-state index contributed by atoms with van der Waals surface area (Å²) < 4.78 is 30.1. The van der Waals surface area contributed by atoms with Gasteiger partial charge in [0, 0.05) is 28.8 Å². The van der Waals surface area contributed by atoms with Crippen LogP contribution in [0.2, 0.25) is 0 Å². The summed E-state index contributed by atoms with van der Waals surface area (Å²) in [6.07, 6.45) is 0. The Morgan fingerprint density at radius 3 is 1.67 bits per heavy atom. The predicted molar refractivity (Wildman–Crippen MR) is 120 cm³/mol. The summed E-state index contributed by atoms with van der Waals surface area (Å²) in [4.78, 5) is 0.116. The molecule has 6 heteroatoms. The van der Waals surface area contributed by atoms with Crippen molar-refractivity contribution in [3.63, 3.8) is 0 Å². The Kier molecular flexibility index (Phi) is 5.68. The minimum atomic E-state index is -3.87. The monoisotopic (exact) mass is 416 g/mol. The third kappa shape index (κ3) is 4.98. The molecule has 0 heterocycles. The molecule has 0 aromatic heterocycles. The van der Waals surface area contributed by atoms with Gasteiger partial charge in [-0.15, -0.1) is 0 Å². The van der Waals surface area contributed by atoms with Gasteiger partial charge in [0.2, 0.25) is 0 Å². The van der Waals surface area contributed by atoms with Crippen molar-refractivity contribution in [1.29, 1.82) is 0 Å². The summed E-state index contributed by atoms with van der Waals surface area (Å²) in [7, 11) is -3.87. The molecule has 30 heavy (non-hydrogen) atoms. The molecule has 0 aliphatic carbocycles. The summed E-state index contributed by atoms with van der Waals surface area (Å²) in [6.45, 7) is 0. The average molecular weight is 417 g/mol. The van der Waals surface area contributed by atoms with Gasteiger partial charge in [-0.3, -0.25) is 0 Å². The fourth-order valence-corrected chi connectivity index (χ4v) is 3.82. The first-order valence-electron chi connectivity index (χ1n) is 9.37. The topological polar surface area (TPSA) is 67.4 Å². The van der Waals surface area contributed by atoms with Gasteiger partial charge >= 0.3 is 10.1 Å². The summed E-state index contributed by atoms with van der Waals surface area (Å²) in [5, 5.41) is 6.59.